The molecule has 8 heteroatoms. The third kappa shape index (κ3) is 3.63. The molecule has 27 heavy (non-hydrogen) atoms. The van der Waals surface area contributed by atoms with Crippen LogP contribution in [0.4, 0.5) is 5.82 Å². The SMILES string of the molecule is Cc1cc(NC2CCN(S(=O)(=O)c3cccc4cccnc34)CC2)ncn1. The van der Waals surface area contributed by atoms with Crippen LogP contribution in [0.3, 0.4) is 0 Å². The number of nitrogens with one attached hydrogen (secondary N) is 1. The third-order valence-electron chi connectivity index (χ3n) is 4.82. The van der Waals surface area contributed by atoms with E-state index in [0.717, 1.165) is 29.7 Å². The van der Waals surface area contributed by atoms with Gasteiger partial charge < -0.3 is 5.32 Å². The summed E-state index contributed by atoms with van der Waals surface area (Å²) in [7, 11) is -3.57. The summed E-state index contributed by atoms with van der Waals surface area (Å²) in [6.45, 7) is 2.85. The van der Waals surface area contributed by atoms with E-state index in [1.807, 2.05) is 31.2 Å². The zero-order valence-electron chi connectivity index (χ0n) is 15.0. The van der Waals surface area contributed by atoms with Gasteiger partial charge in [-0.15, -0.1) is 0 Å². The van der Waals surface area contributed by atoms with Crippen molar-refractivity contribution in [3.05, 3.63) is 54.6 Å². The van der Waals surface area contributed by atoms with Gasteiger partial charge in [0.1, 0.15) is 17.0 Å². The molecule has 1 aromatic carbocycles. The maximum absolute atomic E-state index is 13.2. The molecule has 140 valence electrons. The number of para-hydroxylation sites is 1. The van der Waals surface area contributed by atoms with Crippen LogP contribution in [0, 0.1) is 6.92 Å². The Bertz CT molecular complexity index is 1060. The zero-order chi connectivity index (χ0) is 18.9. The summed E-state index contributed by atoms with van der Waals surface area (Å²) in [5.41, 5.74) is 1.42. The molecule has 0 spiro atoms. The molecular weight excluding hydrogens is 362 g/mol. The molecule has 3 aromatic rings. The van der Waals surface area contributed by atoms with Gasteiger partial charge in [0.25, 0.3) is 0 Å². The van der Waals surface area contributed by atoms with Crippen molar-refractivity contribution in [2.45, 2.75) is 30.7 Å². The Morgan fingerprint density at radius 2 is 1.85 bits per heavy atom. The minimum atomic E-state index is -3.57. The second-order valence-electron chi connectivity index (χ2n) is 6.70. The van der Waals surface area contributed by atoms with Crippen LogP contribution in [0.1, 0.15) is 18.5 Å². The average molecular weight is 383 g/mol. The normalized spacial score (nSPS) is 16.5. The standard InChI is InChI=1S/C19H21N5O2S/c1-14-12-18(22-13-21-14)23-16-7-10-24(11-8-16)27(25,26)17-6-2-4-15-5-3-9-20-19(15)17/h2-6,9,12-13,16H,7-8,10-11H2,1H3,(H,21,22,23). The first-order valence-electron chi connectivity index (χ1n) is 8.93. The lowest BCUT2D eigenvalue weighted by molar-refractivity contribution is 0.329. The van der Waals surface area contributed by atoms with Gasteiger partial charge in [-0.1, -0.05) is 18.2 Å². The van der Waals surface area contributed by atoms with Crippen molar-refractivity contribution in [1.29, 1.82) is 0 Å². The molecule has 1 saturated heterocycles. The molecule has 0 unspecified atom stereocenters. The van der Waals surface area contributed by atoms with Crippen molar-refractivity contribution < 1.29 is 8.42 Å². The van der Waals surface area contributed by atoms with Crippen LogP contribution >= 0.6 is 0 Å². The smallest absolute Gasteiger partial charge is 0.245 e. The van der Waals surface area contributed by atoms with Crippen LogP contribution < -0.4 is 5.32 Å². The number of piperidine rings is 1. The highest BCUT2D eigenvalue weighted by Crippen LogP contribution is 2.26. The molecule has 2 aromatic heterocycles. The Balaban J connectivity index is 1.50. The van der Waals surface area contributed by atoms with Crippen molar-refractivity contribution in [2.75, 3.05) is 18.4 Å². The first-order valence-corrected chi connectivity index (χ1v) is 10.4. The molecule has 0 radical (unpaired) electrons. The van der Waals surface area contributed by atoms with Gasteiger partial charge in [0.15, 0.2) is 0 Å². The van der Waals surface area contributed by atoms with Gasteiger partial charge in [0, 0.05) is 42.5 Å². The summed E-state index contributed by atoms with van der Waals surface area (Å²) in [6.07, 6.45) is 4.60. The van der Waals surface area contributed by atoms with Crippen LogP contribution in [0.2, 0.25) is 0 Å². The number of benzene rings is 1. The largest absolute Gasteiger partial charge is 0.367 e. The Kier molecular flexibility index (Phi) is 4.75. The lowest BCUT2D eigenvalue weighted by atomic mass is 10.1. The van der Waals surface area contributed by atoms with Crippen LogP contribution in [0.15, 0.2) is 53.8 Å². The molecule has 0 amide bonds. The highest BCUT2D eigenvalue weighted by atomic mass is 32.2. The van der Waals surface area contributed by atoms with E-state index in [2.05, 4.69) is 20.3 Å². The molecule has 0 saturated carbocycles. The van der Waals surface area contributed by atoms with E-state index in [9.17, 15) is 8.42 Å². The topological polar surface area (TPSA) is 88.1 Å². The van der Waals surface area contributed by atoms with E-state index in [1.165, 1.54) is 6.33 Å². The van der Waals surface area contributed by atoms with Crippen molar-refractivity contribution in [3.8, 4) is 0 Å². The summed E-state index contributed by atoms with van der Waals surface area (Å²) in [4.78, 5) is 12.9. The highest BCUT2D eigenvalue weighted by Gasteiger charge is 2.31. The number of sulfonamides is 1. The van der Waals surface area contributed by atoms with Gasteiger partial charge in [0.05, 0.1) is 5.52 Å². The number of rotatable bonds is 4. The zero-order valence-corrected chi connectivity index (χ0v) is 15.9. The number of pyridine rings is 1. The number of nitrogens with zero attached hydrogens (tertiary/aromatic N) is 4. The minimum Gasteiger partial charge on any atom is -0.367 e. The Labute approximate surface area is 158 Å². The van der Waals surface area contributed by atoms with Gasteiger partial charge in [-0.05, 0) is 31.9 Å². The van der Waals surface area contributed by atoms with Gasteiger partial charge in [-0.25, -0.2) is 18.4 Å². The highest BCUT2D eigenvalue weighted by molar-refractivity contribution is 7.89. The number of hydrogen-bond donors (Lipinski definition) is 1. The maximum atomic E-state index is 13.2. The molecule has 3 heterocycles. The molecule has 7 nitrogen and oxygen atoms in total. The molecule has 1 aliphatic rings. The fraction of sp³-hybridized carbons (Fsp3) is 0.316. The summed E-state index contributed by atoms with van der Waals surface area (Å²) >= 11 is 0. The quantitative estimate of drug-likeness (QED) is 0.745. The molecule has 1 fully saturated rings. The van der Waals surface area contributed by atoms with Gasteiger partial charge in [0.2, 0.25) is 10.0 Å². The molecule has 1 N–H and O–H groups in total. The monoisotopic (exact) mass is 383 g/mol. The summed E-state index contributed by atoms with van der Waals surface area (Å²) in [5.74, 6) is 0.780. The number of fused-ring (bicyclic) bond motifs is 1. The molecule has 0 atom stereocenters. The van der Waals surface area contributed by atoms with Crippen LogP contribution in [0.25, 0.3) is 10.9 Å². The van der Waals surface area contributed by atoms with Crippen LogP contribution in [-0.2, 0) is 10.0 Å². The fourth-order valence-electron chi connectivity index (χ4n) is 3.41. The van der Waals surface area contributed by atoms with Crippen molar-refractivity contribution >= 4 is 26.7 Å². The van der Waals surface area contributed by atoms with E-state index in [4.69, 9.17) is 0 Å². The van der Waals surface area contributed by atoms with Crippen molar-refractivity contribution in [3.63, 3.8) is 0 Å². The molecule has 1 aliphatic heterocycles. The first kappa shape index (κ1) is 17.8. The predicted molar refractivity (Wildman–Crippen MR) is 104 cm³/mol. The van der Waals surface area contributed by atoms with Crippen molar-refractivity contribution in [2.24, 2.45) is 0 Å². The van der Waals surface area contributed by atoms with Gasteiger partial charge >= 0.3 is 0 Å². The lowest BCUT2D eigenvalue weighted by Crippen LogP contribution is -2.42. The van der Waals surface area contributed by atoms with Crippen LogP contribution in [-0.4, -0.2) is 46.8 Å². The Hall–Kier alpha value is -2.58. The Morgan fingerprint density at radius 3 is 2.63 bits per heavy atom. The van der Waals surface area contributed by atoms with E-state index in [1.54, 1.807) is 22.6 Å². The van der Waals surface area contributed by atoms with E-state index in [0.29, 0.717) is 18.6 Å². The lowest BCUT2D eigenvalue weighted by Gasteiger charge is -2.32. The summed E-state index contributed by atoms with van der Waals surface area (Å²) < 4.78 is 27.9. The Morgan fingerprint density at radius 1 is 1.07 bits per heavy atom. The minimum absolute atomic E-state index is 0.191. The third-order valence-corrected chi connectivity index (χ3v) is 6.75. The number of aryl methyl sites for hydroxylation is 1. The van der Waals surface area contributed by atoms with Gasteiger partial charge in [-0.3, -0.25) is 4.98 Å². The second-order valence-corrected chi connectivity index (χ2v) is 8.60. The second kappa shape index (κ2) is 7.21. The molecular formula is C19H21N5O2S. The summed E-state index contributed by atoms with van der Waals surface area (Å²) in [6, 6.07) is 11.1. The number of hydrogen-bond acceptors (Lipinski definition) is 6. The molecule has 0 bridgehead atoms. The van der Waals surface area contributed by atoms with Gasteiger partial charge in [-0.2, -0.15) is 4.31 Å². The summed E-state index contributed by atoms with van der Waals surface area (Å²) in [5, 5.41) is 4.21. The fourth-order valence-corrected chi connectivity index (χ4v) is 5.04. The predicted octanol–water partition coefficient (Wildman–Crippen LogP) is 2.60. The number of aromatic nitrogens is 3. The van der Waals surface area contributed by atoms with E-state index in [-0.39, 0.29) is 10.9 Å². The van der Waals surface area contributed by atoms with Crippen LogP contribution in [0.5, 0.6) is 0 Å². The van der Waals surface area contributed by atoms with E-state index < -0.39 is 10.0 Å². The first-order chi connectivity index (χ1) is 13.0. The average Bonchev–Trinajstić information content (AvgIpc) is 2.68. The van der Waals surface area contributed by atoms with Crippen molar-refractivity contribution in [1.82, 2.24) is 19.3 Å². The van der Waals surface area contributed by atoms with E-state index >= 15 is 0 Å². The maximum Gasteiger partial charge on any atom is 0.245 e. The molecule has 0 aliphatic carbocycles. The molecule has 4 rings (SSSR count). The number of anilines is 1.